The number of benzene rings is 1. The topological polar surface area (TPSA) is 129 Å². The summed E-state index contributed by atoms with van der Waals surface area (Å²) in [7, 11) is 0. The van der Waals surface area contributed by atoms with Crippen molar-refractivity contribution in [3.05, 3.63) is 46.6 Å². The molecule has 2 heterocycles. The highest BCUT2D eigenvalue weighted by molar-refractivity contribution is 5.83. The highest BCUT2D eigenvalue weighted by Crippen LogP contribution is 2.28. The van der Waals surface area contributed by atoms with Crippen molar-refractivity contribution in [1.29, 1.82) is 0 Å². The Morgan fingerprint density at radius 2 is 2.20 bits per heavy atom. The largest absolute Gasteiger partial charge is 0.394 e. The van der Waals surface area contributed by atoms with Gasteiger partial charge in [0.05, 0.1) is 29.3 Å². The van der Waals surface area contributed by atoms with E-state index in [-0.39, 0.29) is 24.2 Å². The van der Waals surface area contributed by atoms with E-state index in [0.717, 1.165) is 10.9 Å². The lowest BCUT2D eigenvalue weighted by Crippen LogP contribution is -2.23. The van der Waals surface area contributed by atoms with Crippen LogP contribution in [0.15, 0.2) is 36.5 Å². The number of fused-ring (bicyclic) bond motifs is 1. The molecule has 0 amide bonds. The van der Waals surface area contributed by atoms with Gasteiger partial charge >= 0.3 is 5.69 Å². The molecule has 0 spiro atoms. The fourth-order valence-corrected chi connectivity index (χ4v) is 2.41. The van der Waals surface area contributed by atoms with Crippen molar-refractivity contribution in [3.63, 3.8) is 0 Å². The van der Waals surface area contributed by atoms with Crippen LogP contribution in [0.4, 0.5) is 23.0 Å². The van der Waals surface area contributed by atoms with E-state index in [1.54, 1.807) is 12.3 Å². The SMILES string of the molecule is CCC(CO)Nc1ccc([N+](=O)[O-])c(Nc2ccc3[nH]ncc3c2)n1. The summed E-state index contributed by atoms with van der Waals surface area (Å²) in [5.74, 6) is 0.587. The molecule has 1 atom stereocenters. The first-order chi connectivity index (χ1) is 12.1. The molecule has 9 heteroatoms. The number of aliphatic hydroxyl groups excluding tert-OH is 1. The van der Waals surface area contributed by atoms with Gasteiger partial charge in [0.1, 0.15) is 5.82 Å². The minimum absolute atomic E-state index is 0.0465. The third kappa shape index (κ3) is 3.66. The number of nitro groups is 1. The second-order valence-electron chi connectivity index (χ2n) is 5.55. The molecule has 2 aromatic heterocycles. The molecule has 1 unspecified atom stereocenters. The Labute approximate surface area is 143 Å². The molecule has 0 aliphatic rings. The summed E-state index contributed by atoms with van der Waals surface area (Å²) in [5, 5.41) is 34.3. The van der Waals surface area contributed by atoms with Crippen molar-refractivity contribution in [2.75, 3.05) is 17.2 Å². The predicted molar refractivity (Wildman–Crippen MR) is 95.1 cm³/mol. The molecular formula is C16H18N6O3. The summed E-state index contributed by atoms with van der Waals surface area (Å²) in [4.78, 5) is 15.1. The monoisotopic (exact) mass is 342 g/mol. The van der Waals surface area contributed by atoms with Crippen molar-refractivity contribution < 1.29 is 10.0 Å². The number of anilines is 3. The zero-order valence-corrected chi connectivity index (χ0v) is 13.6. The van der Waals surface area contributed by atoms with Crippen LogP contribution in [0.1, 0.15) is 13.3 Å². The van der Waals surface area contributed by atoms with Crippen molar-refractivity contribution >= 4 is 33.9 Å². The highest BCUT2D eigenvalue weighted by Gasteiger charge is 2.17. The van der Waals surface area contributed by atoms with Gasteiger partial charge in [0.25, 0.3) is 0 Å². The summed E-state index contributed by atoms with van der Waals surface area (Å²) in [6, 6.07) is 8.20. The van der Waals surface area contributed by atoms with E-state index < -0.39 is 4.92 Å². The smallest absolute Gasteiger partial charge is 0.311 e. The van der Waals surface area contributed by atoms with Crippen LogP contribution >= 0.6 is 0 Å². The first kappa shape index (κ1) is 16.7. The maximum Gasteiger partial charge on any atom is 0.311 e. The van der Waals surface area contributed by atoms with E-state index in [9.17, 15) is 15.2 Å². The third-order valence-electron chi connectivity index (χ3n) is 3.84. The van der Waals surface area contributed by atoms with Crippen LogP contribution in [0.3, 0.4) is 0 Å². The van der Waals surface area contributed by atoms with E-state index in [2.05, 4.69) is 25.8 Å². The van der Waals surface area contributed by atoms with Gasteiger partial charge in [-0.1, -0.05) is 6.92 Å². The number of H-pyrrole nitrogens is 1. The lowest BCUT2D eigenvalue weighted by molar-refractivity contribution is -0.384. The number of aromatic amines is 1. The van der Waals surface area contributed by atoms with Gasteiger partial charge in [-0.2, -0.15) is 5.10 Å². The molecule has 0 saturated heterocycles. The van der Waals surface area contributed by atoms with Crippen molar-refractivity contribution in [3.8, 4) is 0 Å². The summed E-state index contributed by atoms with van der Waals surface area (Å²) >= 11 is 0. The molecule has 0 fully saturated rings. The van der Waals surface area contributed by atoms with Crippen molar-refractivity contribution in [1.82, 2.24) is 15.2 Å². The molecular weight excluding hydrogens is 324 g/mol. The Morgan fingerprint density at radius 1 is 1.36 bits per heavy atom. The maximum atomic E-state index is 11.3. The fourth-order valence-electron chi connectivity index (χ4n) is 2.41. The van der Waals surface area contributed by atoms with Crippen LogP contribution in [0.5, 0.6) is 0 Å². The highest BCUT2D eigenvalue weighted by atomic mass is 16.6. The number of pyridine rings is 1. The lowest BCUT2D eigenvalue weighted by atomic mass is 10.2. The zero-order chi connectivity index (χ0) is 17.8. The van der Waals surface area contributed by atoms with Crippen LogP contribution in [0, 0.1) is 10.1 Å². The van der Waals surface area contributed by atoms with Gasteiger partial charge in [0.2, 0.25) is 5.82 Å². The summed E-state index contributed by atoms with van der Waals surface area (Å²) in [6.45, 7) is 1.88. The molecule has 0 aliphatic heterocycles. The molecule has 25 heavy (non-hydrogen) atoms. The molecule has 130 valence electrons. The van der Waals surface area contributed by atoms with Crippen LogP contribution in [0.25, 0.3) is 10.9 Å². The number of aliphatic hydroxyl groups is 1. The normalized spacial score (nSPS) is 12.1. The van der Waals surface area contributed by atoms with Crippen LogP contribution in [0.2, 0.25) is 0 Å². The van der Waals surface area contributed by atoms with E-state index in [4.69, 9.17) is 0 Å². The number of nitrogens with one attached hydrogen (secondary N) is 3. The number of rotatable bonds is 7. The Kier molecular flexibility index (Phi) is 4.75. The summed E-state index contributed by atoms with van der Waals surface area (Å²) in [5.41, 5.74) is 1.41. The molecule has 1 aromatic carbocycles. The van der Waals surface area contributed by atoms with E-state index in [0.29, 0.717) is 17.9 Å². The maximum absolute atomic E-state index is 11.3. The Bertz CT molecular complexity index is 890. The number of hydrogen-bond donors (Lipinski definition) is 4. The van der Waals surface area contributed by atoms with E-state index in [1.807, 2.05) is 19.1 Å². The summed E-state index contributed by atoms with van der Waals surface area (Å²) in [6.07, 6.45) is 2.38. The van der Waals surface area contributed by atoms with Crippen molar-refractivity contribution in [2.24, 2.45) is 0 Å². The molecule has 0 saturated carbocycles. The van der Waals surface area contributed by atoms with Gasteiger partial charge in [-0.15, -0.1) is 0 Å². The standard InChI is InChI=1S/C16H18N6O3/c1-2-11(9-23)18-15-6-5-14(22(24)25)16(20-15)19-12-3-4-13-10(7-12)8-17-21-13/h3-8,11,23H,2,9H2,1H3,(H,17,21)(H2,18,19,20). The molecule has 4 N–H and O–H groups in total. The van der Waals surface area contributed by atoms with Crippen LogP contribution in [-0.4, -0.2) is 37.9 Å². The molecule has 3 aromatic rings. The van der Waals surface area contributed by atoms with E-state index in [1.165, 1.54) is 12.1 Å². The average molecular weight is 342 g/mol. The minimum atomic E-state index is -0.487. The molecule has 0 bridgehead atoms. The first-order valence-corrected chi connectivity index (χ1v) is 7.83. The van der Waals surface area contributed by atoms with Gasteiger partial charge in [-0.05, 0) is 30.7 Å². The number of nitrogens with zero attached hydrogens (tertiary/aromatic N) is 3. The average Bonchev–Trinajstić information content (AvgIpc) is 3.07. The second kappa shape index (κ2) is 7.14. The predicted octanol–water partition coefficient (Wildman–Crippen LogP) is 2.79. The quantitative estimate of drug-likeness (QED) is 0.384. The van der Waals surface area contributed by atoms with Gasteiger partial charge in [-0.25, -0.2) is 4.98 Å². The fraction of sp³-hybridized carbons (Fsp3) is 0.250. The minimum Gasteiger partial charge on any atom is -0.394 e. The number of hydrogen-bond acceptors (Lipinski definition) is 7. The first-order valence-electron chi connectivity index (χ1n) is 7.83. The van der Waals surface area contributed by atoms with Gasteiger partial charge in [0.15, 0.2) is 0 Å². The third-order valence-corrected chi connectivity index (χ3v) is 3.84. The van der Waals surface area contributed by atoms with Crippen LogP contribution in [-0.2, 0) is 0 Å². The van der Waals surface area contributed by atoms with E-state index >= 15 is 0 Å². The lowest BCUT2D eigenvalue weighted by Gasteiger charge is -2.15. The summed E-state index contributed by atoms with van der Waals surface area (Å²) < 4.78 is 0. The zero-order valence-electron chi connectivity index (χ0n) is 13.6. The van der Waals surface area contributed by atoms with Gasteiger partial charge < -0.3 is 15.7 Å². The molecule has 3 rings (SSSR count). The molecule has 9 nitrogen and oxygen atoms in total. The Balaban J connectivity index is 1.92. The molecule has 0 aliphatic carbocycles. The van der Waals surface area contributed by atoms with Gasteiger partial charge in [0, 0.05) is 17.1 Å². The van der Waals surface area contributed by atoms with Gasteiger partial charge in [-0.3, -0.25) is 15.2 Å². The Morgan fingerprint density at radius 3 is 2.92 bits per heavy atom. The van der Waals surface area contributed by atoms with Crippen LogP contribution < -0.4 is 10.6 Å². The molecule has 0 radical (unpaired) electrons. The number of aromatic nitrogens is 3. The van der Waals surface area contributed by atoms with Crippen molar-refractivity contribution in [2.45, 2.75) is 19.4 Å². The Hall–Kier alpha value is -3.20. The second-order valence-corrected chi connectivity index (χ2v) is 5.55.